The van der Waals surface area contributed by atoms with Crippen molar-refractivity contribution in [1.29, 1.82) is 0 Å². The van der Waals surface area contributed by atoms with Crippen LogP contribution in [0.2, 0.25) is 0 Å². The number of nitrogens with two attached hydrogens (primary N) is 1. The lowest BCUT2D eigenvalue weighted by atomic mass is 10.2. The smallest absolute Gasteiger partial charge is 0.254 e. The number of ether oxygens (including phenoxy) is 1. The van der Waals surface area contributed by atoms with E-state index in [0.29, 0.717) is 23.3 Å². The van der Waals surface area contributed by atoms with Gasteiger partial charge in [0.2, 0.25) is 11.8 Å². The van der Waals surface area contributed by atoms with Crippen molar-refractivity contribution in [3.63, 3.8) is 0 Å². The second-order valence-electron chi connectivity index (χ2n) is 5.03. The SMILES string of the molecule is COc1ccc(Nc2ncc(C(N)=O)c(Nc3ccccc3)n2)cn1. The van der Waals surface area contributed by atoms with Gasteiger partial charge in [-0.05, 0) is 18.2 Å². The van der Waals surface area contributed by atoms with Gasteiger partial charge in [-0.15, -0.1) is 0 Å². The van der Waals surface area contributed by atoms with Crippen molar-refractivity contribution in [2.24, 2.45) is 5.73 Å². The highest BCUT2D eigenvalue weighted by molar-refractivity contribution is 5.98. The number of pyridine rings is 1. The zero-order valence-corrected chi connectivity index (χ0v) is 13.4. The van der Waals surface area contributed by atoms with E-state index in [9.17, 15) is 4.79 Å². The van der Waals surface area contributed by atoms with Gasteiger partial charge in [0.15, 0.2) is 0 Å². The van der Waals surface area contributed by atoms with Crippen molar-refractivity contribution in [2.75, 3.05) is 17.7 Å². The Morgan fingerprint density at radius 1 is 1.00 bits per heavy atom. The Morgan fingerprint density at radius 3 is 2.44 bits per heavy atom. The molecule has 0 bridgehead atoms. The number of carbonyl (C=O) groups excluding carboxylic acids is 1. The summed E-state index contributed by atoms with van der Waals surface area (Å²) >= 11 is 0. The molecule has 4 N–H and O–H groups in total. The predicted octanol–water partition coefficient (Wildman–Crippen LogP) is 2.47. The van der Waals surface area contributed by atoms with Crippen molar-refractivity contribution in [1.82, 2.24) is 15.0 Å². The number of hydrogen-bond acceptors (Lipinski definition) is 7. The summed E-state index contributed by atoms with van der Waals surface area (Å²) in [6, 6.07) is 12.8. The molecule has 126 valence electrons. The fourth-order valence-electron chi connectivity index (χ4n) is 2.08. The number of rotatable bonds is 6. The Balaban J connectivity index is 1.87. The number of para-hydroxylation sites is 1. The van der Waals surface area contributed by atoms with Crippen LogP contribution in [0.15, 0.2) is 54.9 Å². The number of benzene rings is 1. The van der Waals surface area contributed by atoms with E-state index in [-0.39, 0.29) is 5.56 Å². The average molecular weight is 336 g/mol. The van der Waals surface area contributed by atoms with E-state index in [0.717, 1.165) is 5.69 Å². The lowest BCUT2D eigenvalue weighted by Gasteiger charge is -2.11. The molecular weight excluding hydrogens is 320 g/mol. The molecule has 1 amide bonds. The van der Waals surface area contributed by atoms with Crippen LogP contribution in [0, 0.1) is 0 Å². The number of amides is 1. The van der Waals surface area contributed by atoms with Crippen LogP contribution in [0.4, 0.5) is 23.1 Å². The molecule has 1 aromatic carbocycles. The molecule has 0 spiro atoms. The lowest BCUT2D eigenvalue weighted by Crippen LogP contribution is -2.15. The highest BCUT2D eigenvalue weighted by Gasteiger charge is 2.12. The van der Waals surface area contributed by atoms with E-state index < -0.39 is 5.91 Å². The molecule has 0 saturated heterocycles. The highest BCUT2D eigenvalue weighted by atomic mass is 16.5. The third-order valence-corrected chi connectivity index (χ3v) is 3.29. The summed E-state index contributed by atoms with van der Waals surface area (Å²) in [6.45, 7) is 0. The zero-order valence-electron chi connectivity index (χ0n) is 13.4. The second-order valence-corrected chi connectivity index (χ2v) is 5.03. The molecule has 2 aromatic heterocycles. The first kappa shape index (κ1) is 16.2. The summed E-state index contributed by atoms with van der Waals surface area (Å²) in [5, 5.41) is 6.09. The van der Waals surface area contributed by atoms with Crippen molar-refractivity contribution in [2.45, 2.75) is 0 Å². The Kier molecular flexibility index (Phi) is 4.70. The van der Waals surface area contributed by atoms with Crippen molar-refractivity contribution in [3.05, 3.63) is 60.4 Å². The van der Waals surface area contributed by atoms with Crippen molar-refractivity contribution in [3.8, 4) is 5.88 Å². The Bertz CT molecular complexity index is 868. The summed E-state index contributed by atoms with van der Waals surface area (Å²) in [7, 11) is 1.54. The lowest BCUT2D eigenvalue weighted by molar-refractivity contribution is 0.100. The molecule has 8 heteroatoms. The molecule has 0 fully saturated rings. The van der Waals surface area contributed by atoms with E-state index in [1.165, 1.54) is 6.20 Å². The summed E-state index contributed by atoms with van der Waals surface area (Å²) in [5.41, 5.74) is 7.05. The zero-order chi connectivity index (χ0) is 17.6. The first-order chi connectivity index (χ1) is 12.2. The predicted molar refractivity (Wildman–Crippen MR) is 94.3 cm³/mol. The number of primary amides is 1. The topological polar surface area (TPSA) is 115 Å². The van der Waals surface area contributed by atoms with Crippen molar-refractivity contribution < 1.29 is 9.53 Å². The molecule has 0 aliphatic carbocycles. The van der Waals surface area contributed by atoms with Gasteiger partial charge in [-0.2, -0.15) is 4.98 Å². The standard InChI is InChI=1S/C17H16N6O2/c1-25-14-8-7-12(9-19-14)22-17-20-10-13(15(18)24)16(23-17)21-11-5-3-2-4-6-11/h2-10H,1H3,(H2,18,24)(H2,20,21,22,23). The Labute approximate surface area is 144 Å². The van der Waals surface area contributed by atoms with Crippen LogP contribution >= 0.6 is 0 Å². The molecule has 0 aliphatic rings. The van der Waals surface area contributed by atoms with Gasteiger partial charge in [0, 0.05) is 18.0 Å². The number of anilines is 4. The van der Waals surface area contributed by atoms with Crippen LogP contribution in [0.1, 0.15) is 10.4 Å². The Morgan fingerprint density at radius 2 is 1.80 bits per heavy atom. The minimum atomic E-state index is -0.615. The van der Waals surface area contributed by atoms with Gasteiger partial charge in [-0.1, -0.05) is 18.2 Å². The molecular formula is C17H16N6O2. The summed E-state index contributed by atoms with van der Waals surface area (Å²) in [4.78, 5) is 24.2. The third-order valence-electron chi connectivity index (χ3n) is 3.29. The maximum Gasteiger partial charge on any atom is 0.254 e. The van der Waals surface area contributed by atoms with Gasteiger partial charge in [0.05, 0.1) is 19.0 Å². The van der Waals surface area contributed by atoms with Crippen molar-refractivity contribution >= 4 is 29.0 Å². The molecule has 0 unspecified atom stereocenters. The molecule has 0 radical (unpaired) electrons. The van der Waals surface area contributed by atoms with Gasteiger partial charge in [0.1, 0.15) is 11.4 Å². The first-order valence-corrected chi connectivity index (χ1v) is 7.41. The average Bonchev–Trinajstić information content (AvgIpc) is 2.63. The Hall–Kier alpha value is -3.68. The number of nitrogens with zero attached hydrogens (tertiary/aromatic N) is 3. The van der Waals surface area contributed by atoms with Crippen LogP contribution in [-0.4, -0.2) is 28.0 Å². The quantitative estimate of drug-likeness (QED) is 0.633. The van der Waals surface area contributed by atoms with Crippen LogP contribution < -0.4 is 21.1 Å². The van der Waals surface area contributed by atoms with Crippen LogP contribution in [0.5, 0.6) is 5.88 Å². The first-order valence-electron chi connectivity index (χ1n) is 7.41. The summed E-state index contributed by atoms with van der Waals surface area (Å²) in [5.74, 6) is 0.506. The molecule has 2 heterocycles. The third kappa shape index (κ3) is 3.99. The van der Waals surface area contributed by atoms with Crippen LogP contribution in [-0.2, 0) is 0 Å². The molecule has 8 nitrogen and oxygen atoms in total. The second kappa shape index (κ2) is 7.26. The van der Waals surface area contributed by atoms with E-state index in [4.69, 9.17) is 10.5 Å². The number of methoxy groups -OCH3 is 1. The molecule has 25 heavy (non-hydrogen) atoms. The molecule has 3 aromatic rings. The van der Waals surface area contributed by atoms with Gasteiger partial charge in [-0.3, -0.25) is 4.79 Å². The van der Waals surface area contributed by atoms with Gasteiger partial charge >= 0.3 is 0 Å². The normalized spacial score (nSPS) is 10.1. The maximum atomic E-state index is 11.6. The molecule has 0 atom stereocenters. The number of aromatic nitrogens is 3. The fourth-order valence-corrected chi connectivity index (χ4v) is 2.08. The maximum absolute atomic E-state index is 11.6. The van der Waals surface area contributed by atoms with Crippen LogP contribution in [0.3, 0.4) is 0 Å². The van der Waals surface area contributed by atoms with E-state index >= 15 is 0 Å². The van der Waals surface area contributed by atoms with E-state index in [1.54, 1.807) is 25.4 Å². The highest BCUT2D eigenvalue weighted by Crippen LogP contribution is 2.21. The number of hydrogen-bond donors (Lipinski definition) is 3. The largest absolute Gasteiger partial charge is 0.481 e. The molecule has 3 rings (SSSR count). The fraction of sp³-hybridized carbons (Fsp3) is 0.0588. The van der Waals surface area contributed by atoms with Crippen LogP contribution in [0.25, 0.3) is 0 Å². The number of nitrogens with one attached hydrogen (secondary N) is 2. The monoisotopic (exact) mass is 336 g/mol. The number of carbonyl (C=O) groups is 1. The van der Waals surface area contributed by atoms with E-state index in [1.807, 2.05) is 30.3 Å². The summed E-state index contributed by atoms with van der Waals surface area (Å²) < 4.78 is 5.02. The molecule has 0 saturated carbocycles. The van der Waals surface area contributed by atoms with E-state index in [2.05, 4.69) is 25.6 Å². The molecule has 0 aliphatic heterocycles. The minimum Gasteiger partial charge on any atom is -0.481 e. The van der Waals surface area contributed by atoms with Gasteiger partial charge < -0.3 is 21.1 Å². The van der Waals surface area contributed by atoms with Gasteiger partial charge in [0.25, 0.3) is 5.91 Å². The minimum absolute atomic E-state index is 0.197. The van der Waals surface area contributed by atoms with Gasteiger partial charge in [-0.25, -0.2) is 9.97 Å². The summed E-state index contributed by atoms with van der Waals surface area (Å²) in [6.07, 6.45) is 2.97.